The number of alkyl carbamates (subject to hydrolysis) is 1. The molecule has 1 fully saturated rings. The van der Waals surface area contributed by atoms with Gasteiger partial charge in [0.05, 0.1) is 24.3 Å². The molecule has 0 spiro atoms. The van der Waals surface area contributed by atoms with E-state index in [-0.39, 0.29) is 12.1 Å². The Morgan fingerprint density at radius 2 is 1.91 bits per heavy atom. The molecule has 0 saturated carbocycles. The molecule has 3 aromatic rings. The van der Waals surface area contributed by atoms with E-state index in [2.05, 4.69) is 15.2 Å². The summed E-state index contributed by atoms with van der Waals surface area (Å²) >= 11 is 0. The Kier molecular flexibility index (Phi) is 7.35. The number of carbonyl (C=O) groups is 2. The number of fused-ring (bicyclic) bond motifs is 3. The number of hydrogen-bond donors (Lipinski definition) is 1. The smallest absolute Gasteiger partial charge is 0.407 e. The average Bonchev–Trinajstić information content (AvgIpc) is 2.80. The number of rotatable bonds is 8. The van der Waals surface area contributed by atoms with E-state index in [1.54, 1.807) is 18.3 Å². The first-order valence-electron chi connectivity index (χ1n) is 11.8. The standard InChI is InChI=1S/C26H32N4O5/c1-26(2,3)35-25(32)28-10-5-6-12-34-18-15-30(16-18)23-20-9-11-27-14-21(20)19-8-7-17(24(31)33-4)13-22(19)29-23/h7-9,11,13-14,18H,5-6,10,12,15-16H2,1-4H3,(H,28,32). The zero-order valence-electron chi connectivity index (χ0n) is 20.7. The summed E-state index contributed by atoms with van der Waals surface area (Å²) in [6, 6.07) is 7.37. The predicted octanol–water partition coefficient (Wildman–Crippen LogP) is 4.08. The summed E-state index contributed by atoms with van der Waals surface area (Å²) in [4.78, 5) is 35.0. The molecular weight excluding hydrogens is 448 g/mol. The van der Waals surface area contributed by atoms with Gasteiger partial charge in [0.15, 0.2) is 0 Å². The maximum Gasteiger partial charge on any atom is 0.407 e. The molecule has 186 valence electrons. The van der Waals surface area contributed by atoms with Crippen molar-refractivity contribution in [2.24, 2.45) is 0 Å². The van der Waals surface area contributed by atoms with Crippen molar-refractivity contribution in [3.63, 3.8) is 0 Å². The third kappa shape index (κ3) is 5.97. The molecule has 0 unspecified atom stereocenters. The number of esters is 1. The third-order valence-corrected chi connectivity index (χ3v) is 5.74. The van der Waals surface area contributed by atoms with Crippen LogP contribution >= 0.6 is 0 Å². The zero-order chi connectivity index (χ0) is 25.0. The molecule has 9 nitrogen and oxygen atoms in total. The second-order valence-electron chi connectivity index (χ2n) is 9.61. The Morgan fingerprint density at radius 3 is 2.66 bits per heavy atom. The van der Waals surface area contributed by atoms with Crippen molar-refractivity contribution in [2.75, 3.05) is 38.3 Å². The lowest BCUT2D eigenvalue weighted by molar-refractivity contribution is 0.0314. The molecule has 1 aromatic carbocycles. The van der Waals surface area contributed by atoms with Gasteiger partial charge in [0.1, 0.15) is 11.4 Å². The third-order valence-electron chi connectivity index (χ3n) is 5.74. The van der Waals surface area contributed by atoms with Gasteiger partial charge in [-0.05, 0) is 51.8 Å². The number of amides is 1. The molecule has 0 radical (unpaired) electrons. The molecule has 2 aromatic heterocycles. The number of hydrogen-bond acceptors (Lipinski definition) is 8. The number of ether oxygens (including phenoxy) is 3. The van der Waals surface area contributed by atoms with Crippen LogP contribution in [0, 0.1) is 0 Å². The van der Waals surface area contributed by atoms with Crippen LogP contribution < -0.4 is 10.2 Å². The lowest BCUT2D eigenvalue weighted by Gasteiger charge is -2.40. The van der Waals surface area contributed by atoms with E-state index in [1.165, 1.54) is 7.11 Å². The Morgan fingerprint density at radius 1 is 1.11 bits per heavy atom. The molecular formula is C26H32N4O5. The molecule has 1 aliphatic heterocycles. The van der Waals surface area contributed by atoms with Gasteiger partial charge in [-0.15, -0.1) is 0 Å². The first-order chi connectivity index (χ1) is 16.7. The minimum atomic E-state index is -0.491. The fraction of sp³-hybridized carbons (Fsp3) is 0.462. The van der Waals surface area contributed by atoms with Gasteiger partial charge in [-0.25, -0.2) is 14.6 Å². The second-order valence-corrected chi connectivity index (χ2v) is 9.61. The van der Waals surface area contributed by atoms with Crippen molar-refractivity contribution in [3.05, 3.63) is 42.2 Å². The Bertz CT molecular complexity index is 1220. The van der Waals surface area contributed by atoms with Crippen molar-refractivity contribution in [1.29, 1.82) is 0 Å². The zero-order valence-corrected chi connectivity index (χ0v) is 20.7. The summed E-state index contributed by atoms with van der Waals surface area (Å²) < 4.78 is 16.1. The van der Waals surface area contributed by atoms with Crippen LogP contribution in [0.15, 0.2) is 36.7 Å². The Labute approximate surface area is 204 Å². The summed E-state index contributed by atoms with van der Waals surface area (Å²) in [6.45, 7) is 8.20. The number of unbranched alkanes of at least 4 members (excludes halogenated alkanes) is 1. The van der Waals surface area contributed by atoms with E-state index in [9.17, 15) is 9.59 Å². The van der Waals surface area contributed by atoms with E-state index in [4.69, 9.17) is 19.2 Å². The molecule has 9 heteroatoms. The molecule has 0 bridgehead atoms. The molecule has 1 aliphatic rings. The minimum Gasteiger partial charge on any atom is -0.465 e. The fourth-order valence-corrected chi connectivity index (χ4v) is 4.01. The summed E-state index contributed by atoms with van der Waals surface area (Å²) in [5.41, 5.74) is 0.701. The van der Waals surface area contributed by atoms with E-state index >= 15 is 0 Å². The van der Waals surface area contributed by atoms with Crippen molar-refractivity contribution in [2.45, 2.75) is 45.3 Å². The number of carbonyl (C=O) groups excluding carboxylic acids is 2. The summed E-state index contributed by atoms with van der Waals surface area (Å²) in [7, 11) is 1.37. The number of aromatic nitrogens is 2. The quantitative estimate of drug-likeness (QED) is 0.292. The average molecular weight is 481 g/mol. The van der Waals surface area contributed by atoms with Gasteiger partial charge in [-0.3, -0.25) is 4.98 Å². The van der Waals surface area contributed by atoms with Crippen LogP contribution in [0.2, 0.25) is 0 Å². The van der Waals surface area contributed by atoms with E-state index in [0.29, 0.717) is 18.7 Å². The maximum absolute atomic E-state index is 12.0. The van der Waals surface area contributed by atoms with E-state index < -0.39 is 11.7 Å². The highest BCUT2D eigenvalue weighted by molar-refractivity contribution is 6.11. The van der Waals surface area contributed by atoms with Crippen LogP contribution in [0.5, 0.6) is 0 Å². The van der Waals surface area contributed by atoms with Crippen LogP contribution in [0.4, 0.5) is 10.6 Å². The summed E-state index contributed by atoms with van der Waals surface area (Å²) in [5.74, 6) is 0.471. The van der Waals surface area contributed by atoms with Crippen LogP contribution in [0.3, 0.4) is 0 Å². The number of pyridine rings is 2. The van der Waals surface area contributed by atoms with Crippen LogP contribution in [-0.4, -0.2) is 67.1 Å². The minimum absolute atomic E-state index is 0.129. The number of nitrogens with one attached hydrogen (secondary N) is 1. The first-order valence-corrected chi connectivity index (χ1v) is 11.8. The van der Waals surface area contributed by atoms with Crippen LogP contribution in [0.1, 0.15) is 44.0 Å². The van der Waals surface area contributed by atoms with Gasteiger partial charge < -0.3 is 24.4 Å². The van der Waals surface area contributed by atoms with Crippen molar-refractivity contribution in [3.8, 4) is 0 Å². The van der Waals surface area contributed by atoms with Crippen LogP contribution in [0.25, 0.3) is 21.7 Å². The molecule has 3 heterocycles. The van der Waals surface area contributed by atoms with E-state index in [1.807, 2.05) is 39.1 Å². The SMILES string of the molecule is COC(=O)c1ccc2c(c1)nc(N1CC(OCCCCNC(=O)OC(C)(C)C)C1)c1ccncc12. The number of benzene rings is 1. The van der Waals surface area contributed by atoms with Gasteiger partial charge in [-0.2, -0.15) is 0 Å². The second kappa shape index (κ2) is 10.4. The highest BCUT2D eigenvalue weighted by Gasteiger charge is 2.30. The highest BCUT2D eigenvalue weighted by Crippen LogP contribution is 2.33. The molecule has 0 atom stereocenters. The van der Waals surface area contributed by atoms with Gasteiger partial charge in [0.2, 0.25) is 0 Å². The predicted molar refractivity (Wildman–Crippen MR) is 134 cm³/mol. The highest BCUT2D eigenvalue weighted by atomic mass is 16.6. The Balaban J connectivity index is 1.32. The first kappa shape index (κ1) is 24.7. The molecule has 4 rings (SSSR count). The van der Waals surface area contributed by atoms with Crippen molar-refractivity contribution >= 4 is 39.6 Å². The number of nitrogens with zero attached hydrogens (tertiary/aromatic N) is 3. The molecule has 0 aliphatic carbocycles. The molecule has 1 amide bonds. The fourth-order valence-electron chi connectivity index (χ4n) is 4.01. The van der Waals surface area contributed by atoms with Gasteiger partial charge in [0.25, 0.3) is 0 Å². The van der Waals surface area contributed by atoms with Crippen LogP contribution in [-0.2, 0) is 14.2 Å². The van der Waals surface area contributed by atoms with Gasteiger partial charge >= 0.3 is 12.1 Å². The Hall–Kier alpha value is -3.46. The number of anilines is 1. The molecule has 1 saturated heterocycles. The number of methoxy groups -OCH3 is 1. The van der Waals surface area contributed by atoms with E-state index in [0.717, 1.165) is 53.4 Å². The van der Waals surface area contributed by atoms with Crippen molar-refractivity contribution < 1.29 is 23.8 Å². The maximum atomic E-state index is 12.0. The summed E-state index contributed by atoms with van der Waals surface area (Å²) in [5, 5.41) is 5.72. The monoisotopic (exact) mass is 480 g/mol. The van der Waals surface area contributed by atoms with Crippen molar-refractivity contribution in [1.82, 2.24) is 15.3 Å². The normalized spacial score (nSPS) is 14.1. The topological polar surface area (TPSA) is 103 Å². The largest absolute Gasteiger partial charge is 0.465 e. The molecule has 1 N–H and O–H groups in total. The molecule has 35 heavy (non-hydrogen) atoms. The van der Waals surface area contributed by atoms with Gasteiger partial charge in [0, 0.05) is 54.8 Å². The lowest BCUT2D eigenvalue weighted by atomic mass is 10.0. The van der Waals surface area contributed by atoms with Gasteiger partial charge in [-0.1, -0.05) is 6.07 Å². The lowest BCUT2D eigenvalue weighted by Crippen LogP contribution is -2.52. The summed E-state index contributed by atoms with van der Waals surface area (Å²) in [6.07, 6.45) is 5.01.